The summed E-state index contributed by atoms with van der Waals surface area (Å²) in [5.41, 5.74) is 7.39. The summed E-state index contributed by atoms with van der Waals surface area (Å²) in [6, 6.07) is 4.59. The van der Waals surface area contributed by atoms with E-state index in [1.54, 1.807) is 6.07 Å². The predicted octanol–water partition coefficient (Wildman–Crippen LogP) is 3.68. The fourth-order valence-electron chi connectivity index (χ4n) is 4.04. The molecule has 168 valence electrons. The molecular formula is C20H34Cl3FN4O. The molecule has 2 aliphatic rings. The summed E-state index contributed by atoms with van der Waals surface area (Å²) in [5.74, 6) is -0.391. The molecule has 0 spiro atoms. The largest absolute Gasteiger partial charge is 0.369 e. The van der Waals surface area contributed by atoms with Crippen LogP contribution in [0.2, 0.25) is 0 Å². The summed E-state index contributed by atoms with van der Waals surface area (Å²) in [5, 5.41) is 3.05. The van der Waals surface area contributed by atoms with Gasteiger partial charge in [0, 0.05) is 37.4 Å². The average molecular weight is 472 g/mol. The molecule has 2 fully saturated rings. The number of carbonyl (C=O) groups is 1. The van der Waals surface area contributed by atoms with E-state index in [-0.39, 0.29) is 55.0 Å². The highest BCUT2D eigenvalue weighted by atomic mass is 35.5. The number of carbonyl (C=O) groups excluding carboxylic acids is 1. The topological polar surface area (TPSA) is 61.6 Å². The maximum absolute atomic E-state index is 13.9. The van der Waals surface area contributed by atoms with Crippen LogP contribution in [-0.2, 0) is 4.79 Å². The van der Waals surface area contributed by atoms with Gasteiger partial charge in [-0.2, -0.15) is 0 Å². The Balaban J connectivity index is 0.00000261. The lowest BCUT2D eigenvalue weighted by Crippen LogP contribution is -2.55. The molecular weight excluding hydrogens is 438 g/mol. The molecule has 0 aromatic heterocycles. The zero-order valence-corrected chi connectivity index (χ0v) is 19.6. The lowest BCUT2D eigenvalue weighted by atomic mass is 9.81. The Morgan fingerprint density at radius 2 is 1.69 bits per heavy atom. The summed E-state index contributed by atoms with van der Waals surface area (Å²) in [7, 11) is 2.11. The summed E-state index contributed by atoms with van der Waals surface area (Å²) >= 11 is 0. The van der Waals surface area contributed by atoms with E-state index in [4.69, 9.17) is 5.73 Å². The molecule has 1 heterocycles. The first kappa shape index (κ1) is 28.2. The Hall–Kier alpha value is -0.790. The quantitative estimate of drug-likeness (QED) is 0.703. The Labute approximate surface area is 192 Å². The molecule has 0 radical (unpaired) electrons. The maximum Gasteiger partial charge on any atom is 0.240 e. The number of anilines is 1. The van der Waals surface area contributed by atoms with Crippen molar-refractivity contribution >= 4 is 48.8 Å². The van der Waals surface area contributed by atoms with Gasteiger partial charge in [-0.1, -0.05) is 19.3 Å². The smallest absolute Gasteiger partial charge is 0.240 e. The molecule has 9 heteroatoms. The van der Waals surface area contributed by atoms with Crippen molar-refractivity contribution in [2.75, 3.05) is 38.1 Å². The number of hydrogen-bond acceptors (Lipinski definition) is 4. The number of hydrogen-bond donors (Lipinski definition) is 2. The van der Waals surface area contributed by atoms with Crippen LogP contribution in [0.5, 0.6) is 0 Å². The van der Waals surface area contributed by atoms with Crippen LogP contribution >= 0.6 is 37.2 Å². The van der Waals surface area contributed by atoms with Gasteiger partial charge in [-0.15, -0.1) is 37.2 Å². The molecule has 3 N–H and O–H groups in total. The van der Waals surface area contributed by atoms with E-state index < -0.39 is 5.54 Å². The van der Waals surface area contributed by atoms with Crippen LogP contribution < -0.4 is 16.0 Å². The van der Waals surface area contributed by atoms with E-state index in [1.165, 1.54) is 6.07 Å². The van der Waals surface area contributed by atoms with Crippen LogP contribution in [0, 0.1) is 5.82 Å². The highest BCUT2D eigenvalue weighted by Gasteiger charge is 2.36. The van der Waals surface area contributed by atoms with Gasteiger partial charge >= 0.3 is 0 Å². The molecule has 1 aromatic rings. The van der Waals surface area contributed by atoms with Crippen LogP contribution in [0.3, 0.4) is 0 Å². The fourth-order valence-corrected chi connectivity index (χ4v) is 4.04. The van der Waals surface area contributed by atoms with E-state index in [9.17, 15) is 9.18 Å². The number of benzene rings is 1. The van der Waals surface area contributed by atoms with Crippen LogP contribution in [0.15, 0.2) is 18.2 Å². The van der Waals surface area contributed by atoms with Crippen molar-refractivity contribution in [1.82, 2.24) is 10.2 Å². The second-order valence-corrected chi connectivity index (χ2v) is 7.91. The Morgan fingerprint density at radius 3 is 2.28 bits per heavy atom. The van der Waals surface area contributed by atoms with E-state index in [0.29, 0.717) is 0 Å². The number of likely N-dealkylation sites (N-methyl/N-ethyl adjacent to an activating group) is 1. The second kappa shape index (κ2) is 12.2. The van der Waals surface area contributed by atoms with Crippen molar-refractivity contribution in [2.45, 2.75) is 50.6 Å². The first-order valence-corrected chi connectivity index (χ1v) is 9.72. The normalized spacial score (nSPS) is 19.8. The van der Waals surface area contributed by atoms with Crippen molar-refractivity contribution < 1.29 is 9.18 Å². The minimum atomic E-state index is -0.784. The number of piperazine rings is 1. The Bertz CT molecular complexity index is 651. The van der Waals surface area contributed by atoms with E-state index in [2.05, 4.69) is 22.2 Å². The molecule has 3 rings (SSSR count). The van der Waals surface area contributed by atoms with Crippen molar-refractivity contribution in [1.29, 1.82) is 0 Å². The fraction of sp³-hybridized carbons (Fsp3) is 0.650. The number of halogens is 4. The number of nitrogens with one attached hydrogen (secondary N) is 1. The van der Waals surface area contributed by atoms with E-state index >= 15 is 0 Å². The Morgan fingerprint density at radius 1 is 1.10 bits per heavy atom. The van der Waals surface area contributed by atoms with E-state index in [1.807, 2.05) is 13.0 Å². The summed E-state index contributed by atoms with van der Waals surface area (Å²) < 4.78 is 13.9. The lowest BCUT2D eigenvalue weighted by Gasteiger charge is -2.37. The zero-order valence-electron chi connectivity index (χ0n) is 17.2. The summed E-state index contributed by atoms with van der Waals surface area (Å²) in [6.07, 6.45) is 4.56. The molecule has 0 bridgehead atoms. The van der Waals surface area contributed by atoms with Crippen LogP contribution in [0.1, 0.15) is 50.6 Å². The van der Waals surface area contributed by atoms with Gasteiger partial charge in [-0.3, -0.25) is 4.79 Å². The van der Waals surface area contributed by atoms with Crippen molar-refractivity contribution in [3.8, 4) is 0 Å². The molecule has 1 aromatic carbocycles. The van der Waals surface area contributed by atoms with Crippen molar-refractivity contribution in [3.05, 3.63) is 29.6 Å². The second-order valence-electron chi connectivity index (χ2n) is 7.91. The number of rotatable bonds is 4. The number of nitrogens with two attached hydrogens (primary N) is 1. The van der Waals surface area contributed by atoms with Gasteiger partial charge in [0.05, 0.1) is 11.6 Å². The summed E-state index contributed by atoms with van der Waals surface area (Å²) in [4.78, 5) is 17.3. The van der Waals surface area contributed by atoms with Gasteiger partial charge in [0.1, 0.15) is 5.82 Å². The minimum Gasteiger partial charge on any atom is -0.369 e. The van der Waals surface area contributed by atoms with Crippen molar-refractivity contribution in [2.24, 2.45) is 5.73 Å². The van der Waals surface area contributed by atoms with Gasteiger partial charge < -0.3 is 20.9 Å². The highest BCUT2D eigenvalue weighted by molar-refractivity contribution is 5.86. The molecule has 1 saturated carbocycles. The van der Waals surface area contributed by atoms with Gasteiger partial charge in [-0.25, -0.2) is 4.39 Å². The SMILES string of the molecule is CC(NC(=O)C1(N)CCCCC1)c1cc(F)ccc1N1CCN(C)CC1.Cl.Cl.Cl. The van der Waals surface area contributed by atoms with Gasteiger partial charge in [-0.05, 0) is 45.0 Å². The third kappa shape index (κ3) is 6.86. The number of amides is 1. The molecule has 1 amide bonds. The average Bonchev–Trinajstić information content (AvgIpc) is 2.63. The van der Waals surface area contributed by atoms with Gasteiger partial charge in [0.15, 0.2) is 0 Å². The van der Waals surface area contributed by atoms with Gasteiger partial charge in [0.2, 0.25) is 5.91 Å². The molecule has 1 aliphatic heterocycles. The minimum absolute atomic E-state index is 0. The first-order chi connectivity index (χ1) is 12.4. The van der Waals surface area contributed by atoms with Crippen molar-refractivity contribution in [3.63, 3.8) is 0 Å². The van der Waals surface area contributed by atoms with E-state index in [0.717, 1.165) is 69.5 Å². The molecule has 1 unspecified atom stereocenters. The Kier molecular flexibility index (Phi) is 11.8. The molecule has 5 nitrogen and oxygen atoms in total. The maximum atomic E-state index is 13.9. The number of nitrogens with zero attached hydrogens (tertiary/aromatic N) is 2. The summed E-state index contributed by atoms with van der Waals surface area (Å²) in [6.45, 7) is 5.67. The van der Waals surface area contributed by atoms with Gasteiger partial charge in [0.25, 0.3) is 0 Å². The lowest BCUT2D eigenvalue weighted by molar-refractivity contribution is -0.128. The predicted molar refractivity (Wildman–Crippen MR) is 124 cm³/mol. The zero-order chi connectivity index (χ0) is 18.7. The van der Waals surface area contributed by atoms with Crippen LogP contribution in [-0.4, -0.2) is 49.6 Å². The third-order valence-corrected chi connectivity index (χ3v) is 5.85. The monoisotopic (exact) mass is 470 g/mol. The van der Waals surface area contributed by atoms with Crippen LogP contribution in [0.4, 0.5) is 10.1 Å². The molecule has 1 aliphatic carbocycles. The third-order valence-electron chi connectivity index (χ3n) is 5.85. The molecule has 1 atom stereocenters. The standard InChI is InChI=1S/C20H31FN4O.3ClH/c1-15(23-19(26)20(22)8-4-3-5-9-20)17-14-16(21)6-7-18(17)25-12-10-24(2)11-13-25;;;/h6-7,14-15H,3-5,8-13,22H2,1-2H3,(H,23,26);3*1H. The first-order valence-electron chi connectivity index (χ1n) is 9.72. The highest BCUT2D eigenvalue weighted by Crippen LogP contribution is 2.30. The molecule has 1 saturated heterocycles. The van der Waals surface area contributed by atoms with Crippen LogP contribution in [0.25, 0.3) is 0 Å². The molecule has 29 heavy (non-hydrogen) atoms.